The molecule has 2 aromatic rings. The minimum Gasteiger partial charge on any atom is -0.341 e. The molecule has 2 unspecified atom stereocenters. The van der Waals surface area contributed by atoms with Gasteiger partial charge in [0.1, 0.15) is 0 Å². The molecule has 1 aliphatic rings. The average Bonchev–Trinajstić information content (AvgIpc) is 2.80. The predicted octanol–water partition coefficient (Wildman–Crippen LogP) is 2.99. The number of rotatable bonds is 4. The smallest absolute Gasteiger partial charge is 0.250 e. The molecule has 1 N–H and O–H groups in total. The Morgan fingerprint density at radius 2 is 1.03 bits per heavy atom. The molecule has 0 aliphatic carbocycles. The first kappa shape index (κ1) is 22.6. The van der Waals surface area contributed by atoms with E-state index in [-0.39, 0.29) is 9.79 Å². The minimum absolute atomic E-state index is 0.0417. The molecule has 3 rings (SSSR count). The van der Waals surface area contributed by atoms with Gasteiger partial charge in [-0.1, -0.05) is 35.4 Å². The standard InChI is InChI=1S/C18H23N2O5PS3/c1-13-5-9-17(10-6-13)28(22,23)19-15(3)16(4)20(26(19,21)27)29(24,25)18-11-7-14(2)8-12-18/h5-12,15-16H,1-4H3,(H,21,27). The number of sulfonamides is 2. The van der Waals surface area contributed by atoms with Crippen molar-refractivity contribution in [3.63, 3.8) is 0 Å². The van der Waals surface area contributed by atoms with Gasteiger partial charge in [0.2, 0.25) is 26.6 Å². The first-order valence-corrected chi connectivity index (χ1v) is 14.4. The van der Waals surface area contributed by atoms with Crippen molar-refractivity contribution in [1.29, 1.82) is 0 Å². The molecule has 158 valence electrons. The maximum atomic E-state index is 13.3. The summed E-state index contributed by atoms with van der Waals surface area (Å²) >= 11 is 5.31. The molecule has 2 atom stereocenters. The highest BCUT2D eigenvalue weighted by Gasteiger charge is 2.58. The Labute approximate surface area is 177 Å². The van der Waals surface area contributed by atoms with Crippen LogP contribution in [0, 0.1) is 13.8 Å². The molecule has 1 aliphatic heterocycles. The van der Waals surface area contributed by atoms with Crippen molar-refractivity contribution in [3.8, 4) is 0 Å². The fraction of sp³-hybridized carbons (Fsp3) is 0.333. The van der Waals surface area contributed by atoms with Gasteiger partial charge in [-0.15, -0.1) is 8.15 Å². The Morgan fingerprint density at radius 3 is 1.31 bits per heavy atom. The predicted molar refractivity (Wildman–Crippen MR) is 116 cm³/mol. The first-order chi connectivity index (χ1) is 13.3. The van der Waals surface area contributed by atoms with E-state index >= 15 is 0 Å². The number of hydrogen-bond donors (Lipinski definition) is 1. The number of benzene rings is 2. The minimum atomic E-state index is -4.20. The second-order valence-electron chi connectivity index (χ2n) is 7.18. The Hall–Kier alpha value is -1.13. The molecule has 0 spiro atoms. The van der Waals surface area contributed by atoms with Crippen molar-refractivity contribution in [3.05, 3.63) is 59.7 Å². The molecular weight excluding hydrogens is 451 g/mol. The number of aryl methyl sites for hydroxylation is 2. The maximum absolute atomic E-state index is 13.3. The molecule has 0 amide bonds. The normalized spacial score (nSPS) is 26.7. The van der Waals surface area contributed by atoms with Crippen molar-refractivity contribution in [2.45, 2.75) is 49.6 Å². The van der Waals surface area contributed by atoms with E-state index in [4.69, 9.17) is 11.8 Å². The van der Waals surface area contributed by atoms with E-state index in [0.29, 0.717) is 0 Å². The van der Waals surface area contributed by atoms with Gasteiger partial charge in [0.15, 0.2) is 0 Å². The maximum Gasteiger partial charge on any atom is 0.250 e. The third-order valence-electron chi connectivity index (χ3n) is 5.04. The van der Waals surface area contributed by atoms with Crippen LogP contribution in [0.5, 0.6) is 0 Å². The Balaban J connectivity index is 2.13. The molecular formula is C18H23N2O5PS3. The lowest BCUT2D eigenvalue weighted by atomic mass is 10.2. The second-order valence-corrected chi connectivity index (χ2v) is 14.7. The van der Waals surface area contributed by atoms with Crippen LogP contribution in [0.3, 0.4) is 0 Å². The van der Waals surface area contributed by atoms with Gasteiger partial charge in [-0.25, -0.2) is 16.8 Å². The zero-order valence-corrected chi connectivity index (χ0v) is 19.8. The van der Waals surface area contributed by atoms with Crippen LogP contribution in [0.2, 0.25) is 0 Å². The summed E-state index contributed by atoms with van der Waals surface area (Å²) in [7, 11) is -8.41. The highest BCUT2D eigenvalue weighted by Crippen LogP contribution is 2.62. The third kappa shape index (κ3) is 3.72. The van der Waals surface area contributed by atoms with Gasteiger partial charge in [0, 0.05) is 12.1 Å². The molecule has 1 saturated heterocycles. The summed E-state index contributed by atoms with van der Waals surface area (Å²) in [4.78, 5) is 11.1. The highest BCUT2D eigenvalue weighted by atomic mass is 32.5. The van der Waals surface area contributed by atoms with E-state index in [2.05, 4.69) is 0 Å². The molecule has 1 fully saturated rings. The summed E-state index contributed by atoms with van der Waals surface area (Å²) in [6.45, 7) is 2.60. The van der Waals surface area contributed by atoms with Crippen molar-refractivity contribution >= 4 is 38.4 Å². The summed E-state index contributed by atoms with van der Waals surface area (Å²) in [6.07, 6.45) is 0. The topological polar surface area (TPSA) is 95.0 Å². The Kier molecular flexibility index (Phi) is 5.86. The molecule has 0 aromatic heterocycles. The van der Waals surface area contributed by atoms with Gasteiger partial charge >= 0.3 is 0 Å². The molecule has 0 saturated carbocycles. The zero-order valence-electron chi connectivity index (χ0n) is 16.4. The molecule has 29 heavy (non-hydrogen) atoms. The van der Waals surface area contributed by atoms with Crippen LogP contribution < -0.4 is 0 Å². The van der Waals surface area contributed by atoms with Crippen molar-refractivity contribution in [2.75, 3.05) is 0 Å². The summed E-state index contributed by atoms with van der Waals surface area (Å²) in [5.41, 5.74) is 1.75. The Bertz CT molecular complexity index is 1090. The van der Waals surface area contributed by atoms with Gasteiger partial charge in [0.05, 0.1) is 9.79 Å². The van der Waals surface area contributed by atoms with Gasteiger partial charge in [0.25, 0.3) is 0 Å². The molecule has 0 radical (unpaired) electrons. The fourth-order valence-electron chi connectivity index (χ4n) is 3.28. The molecule has 2 aromatic carbocycles. The lowest BCUT2D eigenvalue weighted by Crippen LogP contribution is -2.37. The van der Waals surface area contributed by atoms with E-state index in [0.717, 1.165) is 19.3 Å². The quantitative estimate of drug-likeness (QED) is 0.685. The van der Waals surface area contributed by atoms with E-state index in [1.54, 1.807) is 38.1 Å². The number of nitrogens with zero attached hydrogens (tertiary/aromatic N) is 2. The largest absolute Gasteiger partial charge is 0.341 e. The SMILES string of the molecule is Cc1ccc(S(=O)(=O)N2C(C)C(C)N(S(=O)(=O)c3ccc(C)cc3)P2(O)=S)cc1. The van der Waals surface area contributed by atoms with Crippen LogP contribution in [0.15, 0.2) is 58.3 Å². The highest BCUT2D eigenvalue weighted by molar-refractivity contribution is 8.18. The molecule has 1 heterocycles. The molecule has 7 nitrogen and oxygen atoms in total. The van der Waals surface area contributed by atoms with E-state index in [1.165, 1.54) is 24.3 Å². The lowest BCUT2D eigenvalue weighted by molar-refractivity contribution is 0.402. The van der Waals surface area contributed by atoms with E-state index < -0.39 is 38.7 Å². The first-order valence-electron chi connectivity index (χ1n) is 8.87. The van der Waals surface area contributed by atoms with Gasteiger partial charge in [-0.3, -0.25) is 0 Å². The summed E-state index contributed by atoms with van der Waals surface area (Å²) in [6, 6.07) is 10.6. The van der Waals surface area contributed by atoms with Crippen LogP contribution in [0.4, 0.5) is 0 Å². The fourth-order valence-corrected chi connectivity index (χ4v) is 13.3. The van der Waals surface area contributed by atoms with Crippen molar-refractivity contribution in [2.24, 2.45) is 0 Å². The summed E-state index contributed by atoms with van der Waals surface area (Å²) < 4.78 is 54.7. The van der Waals surface area contributed by atoms with Crippen LogP contribution in [-0.2, 0) is 31.9 Å². The van der Waals surface area contributed by atoms with Crippen molar-refractivity contribution in [1.82, 2.24) is 8.15 Å². The third-order valence-corrected chi connectivity index (χ3v) is 14.5. The van der Waals surface area contributed by atoms with Crippen LogP contribution >= 0.6 is 6.57 Å². The second kappa shape index (κ2) is 7.53. The lowest BCUT2D eigenvalue weighted by Gasteiger charge is -2.29. The van der Waals surface area contributed by atoms with Gasteiger partial charge < -0.3 is 4.89 Å². The summed E-state index contributed by atoms with van der Waals surface area (Å²) in [5, 5.41) is 0. The van der Waals surface area contributed by atoms with Crippen LogP contribution in [0.1, 0.15) is 25.0 Å². The Morgan fingerprint density at radius 1 is 0.759 bits per heavy atom. The average molecular weight is 475 g/mol. The monoisotopic (exact) mass is 474 g/mol. The number of hydrogen-bond acceptors (Lipinski definition) is 5. The van der Waals surface area contributed by atoms with Crippen molar-refractivity contribution < 1.29 is 21.7 Å². The molecule has 11 heteroatoms. The van der Waals surface area contributed by atoms with Gasteiger partial charge in [-0.05, 0) is 63.8 Å². The molecule has 0 bridgehead atoms. The van der Waals surface area contributed by atoms with E-state index in [1.807, 2.05) is 13.8 Å². The van der Waals surface area contributed by atoms with Gasteiger partial charge in [-0.2, -0.15) is 0 Å². The van der Waals surface area contributed by atoms with Crippen LogP contribution in [0.25, 0.3) is 0 Å². The zero-order chi connectivity index (χ0) is 21.8. The summed E-state index contributed by atoms with van der Waals surface area (Å²) in [5.74, 6) is 0. The van der Waals surface area contributed by atoms with E-state index in [9.17, 15) is 21.7 Å². The van der Waals surface area contributed by atoms with Crippen LogP contribution in [-0.4, -0.2) is 42.0 Å².